The molecule has 6 heteroatoms. The summed E-state index contributed by atoms with van der Waals surface area (Å²) in [4.78, 5) is 25.1. The molecule has 4 nitrogen and oxygen atoms in total. The Morgan fingerprint density at radius 2 is 1.88 bits per heavy atom. The predicted octanol–water partition coefficient (Wildman–Crippen LogP) is 4.25. The van der Waals surface area contributed by atoms with E-state index in [9.17, 15) is 9.59 Å². The summed E-state index contributed by atoms with van der Waals surface area (Å²) in [6.07, 6.45) is 2.55. The standard InChI is InChI=1S/C19H21BrN2O2S/c1-13-12-15(20)8-9-16(13)21-19(24)17(10-11-25-2)22-18(23)14-6-4-3-5-7-14/h3-9,12,17H,10-11H2,1-2H3,(H,21,24)(H,22,23). The molecule has 2 rings (SSSR count). The molecular weight excluding hydrogens is 400 g/mol. The van der Waals surface area contributed by atoms with E-state index in [2.05, 4.69) is 26.6 Å². The molecule has 0 saturated carbocycles. The molecule has 0 aliphatic heterocycles. The molecule has 2 aromatic rings. The molecule has 2 amide bonds. The topological polar surface area (TPSA) is 58.2 Å². The lowest BCUT2D eigenvalue weighted by Crippen LogP contribution is -2.44. The first-order valence-corrected chi connectivity index (χ1v) is 10.1. The van der Waals surface area contributed by atoms with Gasteiger partial charge in [-0.05, 0) is 61.2 Å². The molecule has 0 aromatic heterocycles. The number of aryl methyl sites for hydroxylation is 1. The van der Waals surface area contributed by atoms with Gasteiger partial charge in [0.1, 0.15) is 6.04 Å². The molecule has 0 aliphatic rings. The molecule has 1 unspecified atom stereocenters. The largest absolute Gasteiger partial charge is 0.340 e. The summed E-state index contributed by atoms with van der Waals surface area (Å²) < 4.78 is 0.958. The quantitative estimate of drug-likeness (QED) is 0.703. The normalized spacial score (nSPS) is 11.6. The van der Waals surface area contributed by atoms with Gasteiger partial charge in [-0.3, -0.25) is 9.59 Å². The van der Waals surface area contributed by atoms with Gasteiger partial charge in [-0.2, -0.15) is 11.8 Å². The fourth-order valence-electron chi connectivity index (χ4n) is 2.32. The number of halogens is 1. The number of benzene rings is 2. The second kappa shape index (κ2) is 9.63. The van der Waals surface area contributed by atoms with Crippen molar-refractivity contribution in [2.75, 3.05) is 17.3 Å². The van der Waals surface area contributed by atoms with Crippen molar-refractivity contribution in [3.8, 4) is 0 Å². The highest BCUT2D eigenvalue weighted by molar-refractivity contribution is 9.10. The lowest BCUT2D eigenvalue weighted by molar-refractivity contribution is -0.118. The first kappa shape index (κ1) is 19.5. The fourth-order valence-corrected chi connectivity index (χ4v) is 3.27. The van der Waals surface area contributed by atoms with Crippen LogP contribution in [0.3, 0.4) is 0 Å². The highest BCUT2D eigenvalue weighted by atomic mass is 79.9. The van der Waals surface area contributed by atoms with E-state index in [1.807, 2.05) is 37.4 Å². The first-order chi connectivity index (χ1) is 12.0. The third-order valence-electron chi connectivity index (χ3n) is 3.71. The molecule has 25 heavy (non-hydrogen) atoms. The maximum absolute atomic E-state index is 12.7. The first-order valence-electron chi connectivity index (χ1n) is 7.93. The minimum Gasteiger partial charge on any atom is -0.340 e. The third-order valence-corrected chi connectivity index (χ3v) is 4.85. The van der Waals surface area contributed by atoms with Gasteiger partial charge in [0.05, 0.1) is 0 Å². The van der Waals surface area contributed by atoms with E-state index < -0.39 is 6.04 Å². The number of anilines is 1. The molecule has 1 atom stereocenters. The van der Waals surface area contributed by atoms with Gasteiger partial charge in [0.15, 0.2) is 0 Å². The van der Waals surface area contributed by atoms with Gasteiger partial charge in [-0.1, -0.05) is 34.1 Å². The van der Waals surface area contributed by atoms with Crippen LogP contribution in [0.25, 0.3) is 0 Å². The Bertz CT molecular complexity index is 737. The van der Waals surface area contributed by atoms with Crippen molar-refractivity contribution < 1.29 is 9.59 Å². The van der Waals surface area contributed by atoms with Crippen LogP contribution in [0.5, 0.6) is 0 Å². The lowest BCUT2D eigenvalue weighted by Gasteiger charge is -2.19. The van der Waals surface area contributed by atoms with Gasteiger partial charge in [-0.25, -0.2) is 0 Å². The molecule has 0 fully saturated rings. The van der Waals surface area contributed by atoms with Gasteiger partial charge in [0.25, 0.3) is 5.91 Å². The molecule has 0 radical (unpaired) electrons. The Hall–Kier alpha value is -1.79. The molecule has 2 N–H and O–H groups in total. The van der Waals surface area contributed by atoms with E-state index in [0.717, 1.165) is 21.5 Å². The number of carbonyl (C=O) groups excluding carboxylic acids is 2. The van der Waals surface area contributed by atoms with E-state index >= 15 is 0 Å². The number of amides is 2. The molecule has 0 aliphatic carbocycles. The predicted molar refractivity (Wildman–Crippen MR) is 108 cm³/mol. The van der Waals surface area contributed by atoms with E-state index in [-0.39, 0.29) is 11.8 Å². The summed E-state index contributed by atoms with van der Waals surface area (Å²) in [7, 11) is 0. The monoisotopic (exact) mass is 420 g/mol. The zero-order valence-corrected chi connectivity index (χ0v) is 16.6. The number of thioether (sulfide) groups is 1. The van der Waals surface area contributed by atoms with Gasteiger partial charge < -0.3 is 10.6 Å². The number of rotatable bonds is 7. The third kappa shape index (κ3) is 5.90. The SMILES string of the molecule is CSCCC(NC(=O)c1ccccc1)C(=O)Nc1ccc(Br)cc1C. The van der Waals surface area contributed by atoms with Gasteiger partial charge >= 0.3 is 0 Å². The van der Waals surface area contributed by atoms with E-state index in [1.54, 1.807) is 36.0 Å². The smallest absolute Gasteiger partial charge is 0.251 e. The zero-order chi connectivity index (χ0) is 18.2. The Balaban J connectivity index is 2.10. The second-order valence-corrected chi connectivity index (χ2v) is 7.52. The maximum Gasteiger partial charge on any atom is 0.251 e. The van der Waals surface area contributed by atoms with Crippen molar-refractivity contribution in [3.63, 3.8) is 0 Å². The molecule has 0 spiro atoms. The summed E-state index contributed by atoms with van der Waals surface area (Å²) in [6.45, 7) is 1.93. The number of hydrogen-bond donors (Lipinski definition) is 2. The van der Waals surface area contributed by atoms with Gasteiger partial charge in [0, 0.05) is 15.7 Å². The lowest BCUT2D eigenvalue weighted by atomic mass is 10.1. The average Bonchev–Trinajstić information content (AvgIpc) is 2.61. The van der Waals surface area contributed by atoms with Crippen LogP contribution in [0.4, 0.5) is 5.69 Å². The van der Waals surface area contributed by atoms with Crippen LogP contribution in [0.2, 0.25) is 0 Å². The number of carbonyl (C=O) groups is 2. The van der Waals surface area contributed by atoms with E-state index in [1.165, 1.54) is 0 Å². The Morgan fingerprint density at radius 3 is 2.52 bits per heavy atom. The van der Waals surface area contributed by atoms with Crippen LogP contribution in [0.1, 0.15) is 22.3 Å². The van der Waals surface area contributed by atoms with Crippen molar-refractivity contribution >= 4 is 45.2 Å². The summed E-state index contributed by atoms with van der Waals surface area (Å²) in [5.41, 5.74) is 2.25. The Kier molecular flexibility index (Phi) is 7.52. The number of nitrogens with one attached hydrogen (secondary N) is 2. The van der Waals surface area contributed by atoms with Crippen molar-refractivity contribution in [3.05, 3.63) is 64.1 Å². The van der Waals surface area contributed by atoms with Crippen molar-refractivity contribution in [1.29, 1.82) is 0 Å². The average molecular weight is 421 g/mol. The van der Waals surface area contributed by atoms with Crippen LogP contribution < -0.4 is 10.6 Å². The van der Waals surface area contributed by atoms with Crippen molar-refractivity contribution in [2.24, 2.45) is 0 Å². The highest BCUT2D eigenvalue weighted by Crippen LogP contribution is 2.20. The summed E-state index contributed by atoms with van der Waals surface area (Å²) in [5, 5.41) is 5.76. The van der Waals surface area contributed by atoms with Crippen LogP contribution in [-0.4, -0.2) is 29.9 Å². The maximum atomic E-state index is 12.7. The van der Waals surface area contributed by atoms with Crippen molar-refractivity contribution in [2.45, 2.75) is 19.4 Å². The molecule has 0 saturated heterocycles. The molecule has 0 heterocycles. The van der Waals surface area contributed by atoms with Gasteiger partial charge in [0.2, 0.25) is 5.91 Å². The molecular formula is C19H21BrN2O2S. The Morgan fingerprint density at radius 1 is 1.16 bits per heavy atom. The minimum atomic E-state index is -0.580. The minimum absolute atomic E-state index is 0.205. The molecule has 0 bridgehead atoms. The summed E-state index contributed by atoms with van der Waals surface area (Å²) >= 11 is 5.06. The molecule has 132 valence electrons. The summed E-state index contributed by atoms with van der Waals surface area (Å²) in [6, 6.07) is 14.0. The zero-order valence-electron chi connectivity index (χ0n) is 14.2. The van der Waals surface area contributed by atoms with Crippen LogP contribution in [-0.2, 0) is 4.79 Å². The fraction of sp³-hybridized carbons (Fsp3) is 0.263. The highest BCUT2D eigenvalue weighted by Gasteiger charge is 2.21. The van der Waals surface area contributed by atoms with Crippen LogP contribution in [0.15, 0.2) is 53.0 Å². The number of hydrogen-bond acceptors (Lipinski definition) is 3. The van der Waals surface area contributed by atoms with E-state index in [0.29, 0.717) is 12.0 Å². The Labute approximate surface area is 160 Å². The summed E-state index contributed by atoms with van der Waals surface area (Å²) in [5.74, 6) is 0.338. The van der Waals surface area contributed by atoms with Gasteiger partial charge in [-0.15, -0.1) is 0 Å². The van der Waals surface area contributed by atoms with Crippen molar-refractivity contribution in [1.82, 2.24) is 5.32 Å². The van der Waals surface area contributed by atoms with Crippen LogP contribution >= 0.6 is 27.7 Å². The second-order valence-electron chi connectivity index (χ2n) is 5.62. The van der Waals surface area contributed by atoms with Crippen LogP contribution in [0, 0.1) is 6.92 Å². The molecule has 2 aromatic carbocycles. The van der Waals surface area contributed by atoms with E-state index in [4.69, 9.17) is 0 Å².